The number of hydrogen-bond acceptors (Lipinski definition) is 4. The normalized spacial score (nSPS) is 26.2. The molecule has 0 radical (unpaired) electrons. The van der Waals surface area contributed by atoms with Crippen molar-refractivity contribution in [3.05, 3.63) is 0 Å². The molecule has 0 spiro atoms. The van der Waals surface area contributed by atoms with Gasteiger partial charge in [0.2, 0.25) is 5.92 Å². The highest BCUT2D eigenvalue weighted by molar-refractivity contribution is 8.10. The number of carbonyl (C=O) groups is 1. The summed E-state index contributed by atoms with van der Waals surface area (Å²) >= 11 is 0.665. The Balaban J connectivity index is 2.59. The van der Waals surface area contributed by atoms with Gasteiger partial charge in [0.05, 0.1) is 7.11 Å². The van der Waals surface area contributed by atoms with Crippen molar-refractivity contribution < 1.29 is 18.3 Å². The lowest BCUT2D eigenvalue weighted by atomic mass is 10.1. The largest absolute Gasteiger partial charge is 0.483 e. The Morgan fingerprint density at radius 3 is 2.86 bits per heavy atom. The highest BCUT2D eigenvalue weighted by Crippen LogP contribution is 2.39. The predicted octanol–water partition coefficient (Wildman–Crippen LogP) is 2.31. The Hall–Kier alpha value is -0.650. The van der Waals surface area contributed by atoms with Gasteiger partial charge in [-0.1, -0.05) is 0 Å². The van der Waals surface area contributed by atoms with Crippen LogP contribution < -0.4 is 0 Å². The number of ether oxygens (including phenoxy) is 1. The number of methoxy groups -OCH3 is 1. The number of nitrogens with zero attached hydrogens (tertiary/aromatic N) is 1. The summed E-state index contributed by atoms with van der Waals surface area (Å²) in [6.07, 6.45) is -0.00994. The number of alkyl halides is 2. The van der Waals surface area contributed by atoms with E-state index in [1.54, 1.807) is 0 Å². The van der Waals surface area contributed by atoms with Gasteiger partial charge in [0.25, 0.3) is 0 Å². The topological polar surface area (TPSA) is 38.7 Å². The molecule has 0 amide bonds. The number of halogens is 2. The van der Waals surface area contributed by atoms with Crippen LogP contribution in [0, 0.1) is 5.92 Å². The minimum atomic E-state index is -2.62. The van der Waals surface area contributed by atoms with Gasteiger partial charge >= 0.3 is 0 Å². The molecule has 1 fully saturated rings. The quantitative estimate of drug-likeness (QED) is 0.319. The molecule has 1 atom stereocenters. The first-order chi connectivity index (χ1) is 6.59. The average molecular weight is 223 g/mol. The van der Waals surface area contributed by atoms with Crippen molar-refractivity contribution in [1.29, 1.82) is 0 Å². The summed E-state index contributed by atoms with van der Waals surface area (Å²) in [5.41, 5.74) is 0.534. The summed E-state index contributed by atoms with van der Waals surface area (Å²) in [6.45, 7) is 0. The zero-order valence-electron chi connectivity index (χ0n) is 7.70. The van der Waals surface area contributed by atoms with E-state index in [4.69, 9.17) is 4.74 Å². The van der Waals surface area contributed by atoms with Crippen LogP contribution in [0.15, 0.2) is 4.40 Å². The molecule has 0 aromatic carbocycles. The molecule has 0 aromatic rings. The highest BCUT2D eigenvalue weighted by atomic mass is 32.2. The minimum absolute atomic E-state index is 0.133. The molecule has 0 N–H and O–H groups in total. The molecule has 6 heteroatoms. The molecular formula is C8H11F2NO2S. The number of carbonyl (C=O) groups excluding carboxylic acids is 1. The van der Waals surface area contributed by atoms with Gasteiger partial charge in [-0.15, -0.1) is 0 Å². The van der Waals surface area contributed by atoms with E-state index in [0.717, 1.165) is 0 Å². The van der Waals surface area contributed by atoms with Crippen molar-refractivity contribution in [2.45, 2.75) is 25.2 Å². The van der Waals surface area contributed by atoms with Crippen molar-refractivity contribution in [2.24, 2.45) is 10.3 Å². The second-order valence-electron chi connectivity index (χ2n) is 3.13. The smallest absolute Gasteiger partial charge is 0.248 e. The predicted molar refractivity (Wildman–Crippen MR) is 51.1 cm³/mol. The molecule has 0 heterocycles. The first-order valence-corrected chi connectivity index (χ1v) is 5.02. The first-order valence-electron chi connectivity index (χ1n) is 4.18. The fourth-order valence-electron chi connectivity index (χ4n) is 1.51. The Bertz CT molecular complexity index is 245. The summed E-state index contributed by atoms with van der Waals surface area (Å²) in [5.74, 6) is -2.74. The van der Waals surface area contributed by atoms with Crippen molar-refractivity contribution in [3.8, 4) is 0 Å². The Morgan fingerprint density at radius 2 is 2.43 bits per heavy atom. The first kappa shape index (κ1) is 11.4. The van der Waals surface area contributed by atoms with Crippen LogP contribution in [0.1, 0.15) is 19.3 Å². The highest BCUT2D eigenvalue weighted by Gasteiger charge is 2.42. The second kappa shape index (κ2) is 4.72. The van der Waals surface area contributed by atoms with Gasteiger partial charge in [-0.25, -0.2) is 8.78 Å². The molecule has 0 aromatic heterocycles. The third kappa shape index (κ3) is 2.94. The fourth-order valence-corrected chi connectivity index (χ4v) is 1.88. The van der Waals surface area contributed by atoms with Crippen LogP contribution in [-0.2, 0) is 9.53 Å². The standard InChI is InChI=1S/C8H11F2NO2S/c1-13-7(11-14-5-12)6-2-3-8(9,10)4-6/h5-6H,2-4H2,1H3/b11-7-. The van der Waals surface area contributed by atoms with E-state index in [1.807, 2.05) is 0 Å². The maximum absolute atomic E-state index is 12.8. The molecule has 1 aliphatic carbocycles. The molecule has 0 saturated heterocycles. The monoisotopic (exact) mass is 223 g/mol. The van der Waals surface area contributed by atoms with E-state index in [9.17, 15) is 13.6 Å². The van der Waals surface area contributed by atoms with Gasteiger partial charge in [0, 0.05) is 30.7 Å². The van der Waals surface area contributed by atoms with Crippen LogP contribution in [0.4, 0.5) is 8.78 Å². The zero-order chi connectivity index (χ0) is 10.6. The zero-order valence-corrected chi connectivity index (χ0v) is 8.52. The van der Waals surface area contributed by atoms with Crippen LogP contribution in [0.2, 0.25) is 0 Å². The molecule has 1 unspecified atom stereocenters. The lowest BCUT2D eigenvalue weighted by molar-refractivity contribution is 0.00675. The maximum atomic E-state index is 12.8. The summed E-state index contributed by atoms with van der Waals surface area (Å²) in [5, 5.41) is 0. The van der Waals surface area contributed by atoms with Crippen molar-refractivity contribution in [1.82, 2.24) is 0 Å². The van der Waals surface area contributed by atoms with Gasteiger partial charge in [0.1, 0.15) is 0 Å². The van der Waals surface area contributed by atoms with Crippen LogP contribution >= 0.6 is 11.9 Å². The lowest BCUT2D eigenvalue weighted by Crippen LogP contribution is -2.16. The van der Waals surface area contributed by atoms with Crippen LogP contribution in [-0.4, -0.2) is 24.5 Å². The molecule has 1 saturated carbocycles. The van der Waals surface area contributed by atoms with Crippen molar-refractivity contribution >= 4 is 23.5 Å². The number of rotatable bonds is 3. The Labute approximate surface area is 85.0 Å². The molecule has 1 rings (SSSR count). The average Bonchev–Trinajstić information content (AvgIpc) is 2.48. The van der Waals surface area contributed by atoms with E-state index >= 15 is 0 Å². The summed E-state index contributed by atoms with van der Waals surface area (Å²) in [6, 6.07) is 0. The van der Waals surface area contributed by atoms with E-state index in [2.05, 4.69) is 4.40 Å². The van der Waals surface area contributed by atoms with Gasteiger partial charge in [-0.05, 0) is 6.42 Å². The minimum Gasteiger partial charge on any atom is -0.483 e. The molecule has 1 aliphatic rings. The van der Waals surface area contributed by atoms with E-state index in [0.29, 0.717) is 24.0 Å². The van der Waals surface area contributed by atoms with Crippen molar-refractivity contribution in [2.75, 3.05) is 7.11 Å². The summed E-state index contributed by atoms with van der Waals surface area (Å²) < 4.78 is 34.2. The van der Waals surface area contributed by atoms with Crippen LogP contribution in [0.5, 0.6) is 0 Å². The van der Waals surface area contributed by atoms with E-state index in [-0.39, 0.29) is 24.7 Å². The molecule has 0 aliphatic heterocycles. The SMILES string of the molecule is CO/C(=N\SC=O)C1CCC(F)(F)C1. The lowest BCUT2D eigenvalue weighted by Gasteiger charge is -2.11. The van der Waals surface area contributed by atoms with Gasteiger partial charge in [-0.3, -0.25) is 4.79 Å². The number of hydrogen-bond donors (Lipinski definition) is 0. The molecule has 80 valence electrons. The van der Waals surface area contributed by atoms with Gasteiger partial charge in [0.15, 0.2) is 11.5 Å². The van der Waals surface area contributed by atoms with Gasteiger partial charge < -0.3 is 4.74 Å². The third-order valence-electron chi connectivity index (χ3n) is 2.15. The molecule has 14 heavy (non-hydrogen) atoms. The fraction of sp³-hybridized carbons (Fsp3) is 0.750. The van der Waals surface area contributed by atoms with Gasteiger partial charge in [-0.2, -0.15) is 4.40 Å². The van der Waals surface area contributed by atoms with Crippen molar-refractivity contribution in [3.63, 3.8) is 0 Å². The second-order valence-corrected chi connectivity index (χ2v) is 3.72. The molecule has 0 bridgehead atoms. The Kier molecular flexibility index (Phi) is 3.86. The van der Waals surface area contributed by atoms with Crippen LogP contribution in [0.25, 0.3) is 0 Å². The third-order valence-corrected chi connectivity index (χ3v) is 2.52. The molecular weight excluding hydrogens is 212 g/mol. The van der Waals surface area contributed by atoms with E-state index in [1.165, 1.54) is 7.11 Å². The summed E-state index contributed by atoms with van der Waals surface area (Å²) in [7, 11) is 1.38. The van der Waals surface area contributed by atoms with Crippen LogP contribution in [0.3, 0.4) is 0 Å². The van der Waals surface area contributed by atoms with E-state index < -0.39 is 5.92 Å². The molecule has 3 nitrogen and oxygen atoms in total. The Morgan fingerprint density at radius 1 is 1.71 bits per heavy atom. The maximum Gasteiger partial charge on any atom is 0.248 e. The summed E-state index contributed by atoms with van der Waals surface area (Å²) in [4.78, 5) is 10.0.